The van der Waals surface area contributed by atoms with Crippen LogP contribution in [0.1, 0.15) is 31.7 Å². The standard InChI is InChI=1S/C13H17ClO2/c1-2-3-4-7-11-8-5-6-9-12(11)16-10-13(14)15/h5-6,8-9H,2-4,7,10H2,1H3. The molecule has 0 fully saturated rings. The number of carbonyl (C=O) groups is 1. The lowest BCUT2D eigenvalue weighted by atomic mass is 10.1. The van der Waals surface area contributed by atoms with E-state index >= 15 is 0 Å². The maximum Gasteiger partial charge on any atom is 0.259 e. The molecule has 16 heavy (non-hydrogen) atoms. The van der Waals surface area contributed by atoms with Crippen LogP contribution in [0.2, 0.25) is 0 Å². The van der Waals surface area contributed by atoms with Gasteiger partial charge in [-0.1, -0.05) is 38.0 Å². The van der Waals surface area contributed by atoms with Gasteiger partial charge in [-0.2, -0.15) is 0 Å². The van der Waals surface area contributed by atoms with Crippen molar-refractivity contribution in [2.24, 2.45) is 0 Å². The third kappa shape index (κ3) is 4.67. The third-order valence-corrected chi connectivity index (χ3v) is 2.47. The predicted octanol–water partition coefficient (Wildman–Crippen LogP) is 3.56. The van der Waals surface area contributed by atoms with Gasteiger partial charge in [0.1, 0.15) is 5.75 Å². The molecule has 0 atom stereocenters. The van der Waals surface area contributed by atoms with Crippen molar-refractivity contribution in [3.63, 3.8) is 0 Å². The maximum atomic E-state index is 10.6. The van der Waals surface area contributed by atoms with Gasteiger partial charge in [-0.25, -0.2) is 0 Å². The maximum absolute atomic E-state index is 10.6. The van der Waals surface area contributed by atoms with Crippen LogP contribution in [0.4, 0.5) is 0 Å². The van der Waals surface area contributed by atoms with E-state index in [-0.39, 0.29) is 6.61 Å². The highest BCUT2D eigenvalue weighted by Crippen LogP contribution is 2.20. The molecule has 0 aromatic heterocycles. The second kappa shape index (κ2) is 7.29. The Hall–Kier alpha value is -1.02. The monoisotopic (exact) mass is 240 g/mol. The lowest BCUT2D eigenvalue weighted by Gasteiger charge is -2.09. The fourth-order valence-corrected chi connectivity index (χ4v) is 1.61. The Morgan fingerprint density at radius 2 is 2.06 bits per heavy atom. The molecule has 3 heteroatoms. The van der Waals surface area contributed by atoms with Gasteiger partial charge < -0.3 is 4.74 Å². The highest BCUT2D eigenvalue weighted by molar-refractivity contribution is 6.63. The molecule has 2 nitrogen and oxygen atoms in total. The minimum atomic E-state index is -0.469. The molecule has 0 aliphatic carbocycles. The Morgan fingerprint density at radius 3 is 2.75 bits per heavy atom. The van der Waals surface area contributed by atoms with E-state index in [1.807, 2.05) is 24.3 Å². The molecule has 0 aliphatic heterocycles. The van der Waals surface area contributed by atoms with Crippen LogP contribution in [0.25, 0.3) is 0 Å². The van der Waals surface area contributed by atoms with Crippen molar-refractivity contribution < 1.29 is 9.53 Å². The first-order chi connectivity index (χ1) is 7.74. The summed E-state index contributed by atoms with van der Waals surface area (Å²) in [7, 11) is 0. The quantitative estimate of drug-likeness (QED) is 0.538. The van der Waals surface area contributed by atoms with Crippen molar-refractivity contribution in [1.29, 1.82) is 0 Å². The Kier molecular flexibility index (Phi) is 5.94. The summed E-state index contributed by atoms with van der Waals surface area (Å²) in [5.74, 6) is 0.771. The van der Waals surface area contributed by atoms with E-state index < -0.39 is 5.24 Å². The van der Waals surface area contributed by atoms with Crippen molar-refractivity contribution in [2.75, 3.05) is 6.61 Å². The zero-order valence-electron chi connectivity index (χ0n) is 9.54. The first-order valence-electron chi connectivity index (χ1n) is 5.63. The first kappa shape index (κ1) is 13.0. The van der Waals surface area contributed by atoms with Crippen LogP contribution in [0.3, 0.4) is 0 Å². The summed E-state index contributed by atoms with van der Waals surface area (Å²) in [4.78, 5) is 10.6. The van der Waals surface area contributed by atoms with Gasteiger partial charge in [-0.3, -0.25) is 4.79 Å². The molecular weight excluding hydrogens is 224 g/mol. The normalized spacial score (nSPS) is 10.1. The second-order valence-corrected chi connectivity index (χ2v) is 4.13. The fraction of sp³-hybridized carbons (Fsp3) is 0.462. The van der Waals surface area contributed by atoms with Crippen molar-refractivity contribution in [3.05, 3.63) is 29.8 Å². The summed E-state index contributed by atoms with van der Waals surface area (Å²) in [6.45, 7) is 2.11. The first-order valence-corrected chi connectivity index (χ1v) is 6.01. The van der Waals surface area contributed by atoms with E-state index in [1.165, 1.54) is 12.8 Å². The Balaban J connectivity index is 2.56. The number of rotatable bonds is 7. The SMILES string of the molecule is CCCCCc1ccccc1OCC(=O)Cl. The molecule has 0 heterocycles. The fourth-order valence-electron chi connectivity index (χ4n) is 1.55. The number of carbonyl (C=O) groups excluding carboxylic acids is 1. The van der Waals surface area contributed by atoms with Crippen LogP contribution in [-0.2, 0) is 11.2 Å². The van der Waals surface area contributed by atoms with Gasteiger partial charge >= 0.3 is 0 Å². The van der Waals surface area contributed by atoms with E-state index in [9.17, 15) is 4.79 Å². The Labute approximate surface area is 102 Å². The zero-order valence-corrected chi connectivity index (χ0v) is 10.3. The molecule has 1 aromatic carbocycles. The van der Waals surface area contributed by atoms with Gasteiger partial charge in [0, 0.05) is 0 Å². The van der Waals surface area contributed by atoms with Crippen LogP contribution >= 0.6 is 11.6 Å². The third-order valence-electron chi connectivity index (χ3n) is 2.36. The molecule has 0 saturated heterocycles. The van der Waals surface area contributed by atoms with Gasteiger partial charge in [0.05, 0.1) is 0 Å². The lowest BCUT2D eigenvalue weighted by molar-refractivity contribution is -0.113. The van der Waals surface area contributed by atoms with E-state index in [4.69, 9.17) is 16.3 Å². The van der Waals surface area contributed by atoms with Crippen LogP contribution in [0.5, 0.6) is 5.75 Å². The molecule has 0 spiro atoms. The van der Waals surface area contributed by atoms with Gasteiger partial charge in [0.25, 0.3) is 5.24 Å². The highest BCUT2D eigenvalue weighted by Gasteiger charge is 2.04. The number of hydrogen-bond donors (Lipinski definition) is 0. The van der Waals surface area contributed by atoms with E-state index in [1.54, 1.807) is 0 Å². The molecule has 0 radical (unpaired) electrons. The largest absolute Gasteiger partial charge is 0.484 e. The van der Waals surface area contributed by atoms with Crippen LogP contribution in [-0.4, -0.2) is 11.8 Å². The van der Waals surface area contributed by atoms with Crippen molar-refractivity contribution in [2.45, 2.75) is 32.6 Å². The van der Waals surface area contributed by atoms with Crippen molar-refractivity contribution in [1.82, 2.24) is 0 Å². The van der Waals surface area contributed by atoms with Gasteiger partial charge in [-0.15, -0.1) is 0 Å². The minimum absolute atomic E-state index is 0.0631. The smallest absolute Gasteiger partial charge is 0.259 e. The number of para-hydroxylation sites is 1. The molecule has 88 valence electrons. The molecule has 0 saturated carbocycles. The molecular formula is C13H17ClO2. The van der Waals surface area contributed by atoms with Crippen molar-refractivity contribution >= 4 is 16.8 Å². The average Bonchev–Trinajstić information content (AvgIpc) is 2.28. The van der Waals surface area contributed by atoms with E-state index in [0.29, 0.717) is 0 Å². The summed E-state index contributed by atoms with van der Waals surface area (Å²) in [6, 6.07) is 7.79. The molecule has 1 rings (SSSR count). The van der Waals surface area contributed by atoms with Crippen LogP contribution < -0.4 is 4.74 Å². The van der Waals surface area contributed by atoms with Crippen LogP contribution in [0, 0.1) is 0 Å². The highest BCUT2D eigenvalue weighted by atomic mass is 35.5. The van der Waals surface area contributed by atoms with Crippen molar-refractivity contribution in [3.8, 4) is 5.75 Å². The lowest BCUT2D eigenvalue weighted by Crippen LogP contribution is -2.06. The number of halogens is 1. The molecule has 0 unspecified atom stereocenters. The van der Waals surface area contributed by atoms with Gasteiger partial charge in [0.2, 0.25) is 0 Å². The molecule has 0 N–H and O–H groups in total. The summed E-state index contributed by atoms with van der Waals surface area (Å²) in [5, 5.41) is -0.469. The molecule has 0 aliphatic rings. The number of unbranched alkanes of at least 4 members (excludes halogenated alkanes) is 2. The van der Waals surface area contributed by atoms with Gasteiger partial charge in [-0.05, 0) is 36.1 Å². The second-order valence-electron chi connectivity index (χ2n) is 3.71. The van der Waals surface area contributed by atoms with Crippen LogP contribution in [0.15, 0.2) is 24.3 Å². The Bertz CT molecular complexity index is 336. The number of ether oxygens (including phenoxy) is 1. The predicted molar refractivity (Wildman–Crippen MR) is 66.0 cm³/mol. The molecule has 0 bridgehead atoms. The Morgan fingerprint density at radius 1 is 1.31 bits per heavy atom. The molecule has 0 amide bonds. The van der Waals surface area contributed by atoms with Gasteiger partial charge in [0.15, 0.2) is 6.61 Å². The summed E-state index contributed by atoms with van der Waals surface area (Å²) < 4.78 is 5.35. The number of aryl methyl sites for hydroxylation is 1. The summed E-state index contributed by atoms with van der Waals surface area (Å²) >= 11 is 5.24. The minimum Gasteiger partial charge on any atom is -0.484 e. The topological polar surface area (TPSA) is 26.3 Å². The van der Waals surface area contributed by atoms with E-state index in [2.05, 4.69) is 6.92 Å². The average molecular weight is 241 g/mol. The summed E-state index contributed by atoms with van der Waals surface area (Å²) in [6.07, 6.45) is 4.54. The number of benzene rings is 1. The summed E-state index contributed by atoms with van der Waals surface area (Å²) in [5.41, 5.74) is 1.15. The molecule has 1 aromatic rings. The zero-order chi connectivity index (χ0) is 11.8. The number of hydrogen-bond acceptors (Lipinski definition) is 2. The van der Waals surface area contributed by atoms with E-state index in [0.717, 1.165) is 24.2 Å².